The van der Waals surface area contributed by atoms with Crippen molar-refractivity contribution in [2.45, 2.75) is 70.2 Å². The van der Waals surface area contributed by atoms with Crippen molar-refractivity contribution < 1.29 is 43.2 Å². The fraction of sp³-hybridized carbons (Fsp3) is 0.565. The molecule has 0 amide bonds. The zero-order valence-electron chi connectivity index (χ0n) is 18.5. The number of allylic oxidation sites excluding steroid dienone is 2. The monoisotopic (exact) mass is 448 g/mol. The Balaban J connectivity index is 2.14. The van der Waals surface area contributed by atoms with E-state index in [4.69, 9.17) is 18.9 Å². The summed E-state index contributed by atoms with van der Waals surface area (Å²) in [6, 6.07) is 0. The summed E-state index contributed by atoms with van der Waals surface area (Å²) in [5.74, 6) is -4.18. The molecule has 9 nitrogen and oxygen atoms in total. The highest BCUT2D eigenvalue weighted by atomic mass is 16.6. The average molecular weight is 448 g/mol. The van der Waals surface area contributed by atoms with Gasteiger partial charge in [0.05, 0.1) is 12.0 Å². The van der Waals surface area contributed by atoms with Crippen LogP contribution < -0.4 is 0 Å². The first-order chi connectivity index (χ1) is 15.0. The maximum atomic E-state index is 13.2. The largest absolute Gasteiger partial charge is 0.458 e. The highest BCUT2D eigenvalue weighted by Crippen LogP contribution is 2.45. The van der Waals surface area contributed by atoms with Crippen LogP contribution in [0.4, 0.5) is 0 Å². The number of ketones is 1. The van der Waals surface area contributed by atoms with Gasteiger partial charge in [0.1, 0.15) is 12.2 Å². The Hall–Kier alpha value is -2.78. The fourth-order valence-electron chi connectivity index (χ4n) is 4.38. The quantitative estimate of drug-likeness (QED) is 0.292. The molecular formula is C23H28O9. The van der Waals surface area contributed by atoms with Gasteiger partial charge in [0.2, 0.25) is 0 Å². The molecule has 0 radical (unpaired) electrons. The number of aliphatic hydroxyl groups is 1. The van der Waals surface area contributed by atoms with Crippen molar-refractivity contribution in [1.82, 2.24) is 0 Å². The molecule has 2 saturated heterocycles. The van der Waals surface area contributed by atoms with E-state index in [1.807, 2.05) is 6.92 Å². The van der Waals surface area contributed by atoms with E-state index in [2.05, 4.69) is 6.58 Å². The molecule has 2 aliphatic heterocycles. The van der Waals surface area contributed by atoms with Gasteiger partial charge in [-0.1, -0.05) is 25.7 Å². The summed E-state index contributed by atoms with van der Waals surface area (Å²) >= 11 is 0. The Kier molecular flexibility index (Phi) is 6.71. The predicted molar refractivity (Wildman–Crippen MR) is 110 cm³/mol. The van der Waals surface area contributed by atoms with Gasteiger partial charge in [-0.25, -0.2) is 14.4 Å². The summed E-state index contributed by atoms with van der Waals surface area (Å²) in [6.07, 6.45) is 0.185. The van der Waals surface area contributed by atoms with Crippen molar-refractivity contribution in [3.8, 4) is 0 Å². The van der Waals surface area contributed by atoms with E-state index in [1.165, 1.54) is 19.1 Å². The van der Waals surface area contributed by atoms with Crippen LogP contribution in [0.1, 0.15) is 34.1 Å². The van der Waals surface area contributed by atoms with Crippen molar-refractivity contribution in [3.05, 3.63) is 36.5 Å². The third kappa shape index (κ3) is 4.40. The number of carbonyl (C=O) groups is 4. The molecule has 1 N–H and O–H groups in total. The number of hydrogen-bond donors (Lipinski definition) is 1. The molecule has 0 bridgehead atoms. The SMILES string of the molecule is C=C1C(=O)OC2CC(C)C3OC3C(=O)C(C)(O)C(OC(=O)C=CC)C(OC(=O)C=CC)C12. The van der Waals surface area contributed by atoms with Crippen LogP contribution in [0.15, 0.2) is 36.5 Å². The number of fused-ring (bicyclic) bond motifs is 2. The molecule has 174 valence electrons. The van der Waals surface area contributed by atoms with E-state index in [-0.39, 0.29) is 11.5 Å². The fourth-order valence-corrected chi connectivity index (χ4v) is 4.38. The van der Waals surface area contributed by atoms with Crippen LogP contribution in [0.25, 0.3) is 0 Å². The molecule has 8 unspecified atom stereocenters. The molecule has 3 rings (SSSR count). The number of hydrogen-bond acceptors (Lipinski definition) is 9. The normalized spacial score (nSPS) is 39.4. The standard InChI is InChI=1S/C23H28O9/c1-6-8-14(24)30-18-16-12(4)22(27)29-13(16)10-11(3)17-19(32-17)20(26)23(5,28)21(18)31-15(25)9-7-2/h6-9,11,13,16-19,21,28H,4,10H2,1-3,5H3. The van der Waals surface area contributed by atoms with Gasteiger partial charge >= 0.3 is 17.9 Å². The van der Waals surface area contributed by atoms with E-state index in [9.17, 15) is 24.3 Å². The minimum atomic E-state index is -2.29. The minimum Gasteiger partial charge on any atom is -0.458 e. The molecule has 1 aliphatic carbocycles. The van der Waals surface area contributed by atoms with Crippen LogP contribution in [0, 0.1) is 11.8 Å². The Morgan fingerprint density at radius 2 is 1.75 bits per heavy atom. The first-order valence-corrected chi connectivity index (χ1v) is 10.5. The Labute approximate surface area is 186 Å². The zero-order valence-corrected chi connectivity index (χ0v) is 18.5. The number of carbonyl (C=O) groups excluding carboxylic acids is 4. The van der Waals surface area contributed by atoms with Gasteiger partial charge in [-0.2, -0.15) is 0 Å². The van der Waals surface area contributed by atoms with Gasteiger partial charge in [-0.05, 0) is 33.1 Å². The van der Waals surface area contributed by atoms with Crippen molar-refractivity contribution in [2.24, 2.45) is 11.8 Å². The van der Waals surface area contributed by atoms with Gasteiger partial charge in [0, 0.05) is 17.7 Å². The van der Waals surface area contributed by atoms with Crippen LogP contribution >= 0.6 is 0 Å². The average Bonchev–Trinajstić information content (AvgIpc) is 3.46. The maximum Gasteiger partial charge on any atom is 0.334 e. The van der Waals surface area contributed by atoms with Gasteiger partial charge in [-0.15, -0.1) is 0 Å². The van der Waals surface area contributed by atoms with Crippen molar-refractivity contribution in [2.75, 3.05) is 0 Å². The number of epoxide rings is 1. The first-order valence-electron chi connectivity index (χ1n) is 10.5. The van der Waals surface area contributed by atoms with Crippen molar-refractivity contribution in [1.29, 1.82) is 0 Å². The predicted octanol–water partition coefficient (Wildman–Crippen LogP) is 1.19. The summed E-state index contributed by atoms with van der Waals surface area (Å²) < 4.78 is 22.1. The van der Waals surface area contributed by atoms with Crippen LogP contribution in [0.5, 0.6) is 0 Å². The van der Waals surface area contributed by atoms with Crippen molar-refractivity contribution >= 4 is 23.7 Å². The molecule has 0 spiro atoms. The lowest BCUT2D eigenvalue weighted by Gasteiger charge is -2.39. The van der Waals surface area contributed by atoms with E-state index >= 15 is 0 Å². The summed E-state index contributed by atoms with van der Waals surface area (Å²) in [5, 5.41) is 11.3. The summed E-state index contributed by atoms with van der Waals surface area (Å²) in [5.41, 5.74) is -2.28. The van der Waals surface area contributed by atoms with Gasteiger partial charge in [0.15, 0.2) is 23.6 Å². The molecular weight excluding hydrogens is 420 g/mol. The number of Topliss-reactive ketones (excluding diaryl/α,β-unsaturated/α-hetero) is 1. The second-order valence-electron chi connectivity index (χ2n) is 8.50. The molecule has 0 aromatic carbocycles. The van der Waals surface area contributed by atoms with Crippen LogP contribution in [-0.2, 0) is 38.1 Å². The molecule has 3 fully saturated rings. The molecule has 8 atom stereocenters. The van der Waals surface area contributed by atoms with Crippen LogP contribution in [0.2, 0.25) is 0 Å². The summed E-state index contributed by atoms with van der Waals surface area (Å²) in [7, 11) is 0. The highest BCUT2D eigenvalue weighted by molar-refractivity contribution is 5.95. The number of esters is 3. The highest BCUT2D eigenvalue weighted by Gasteiger charge is 2.63. The van der Waals surface area contributed by atoms with E-state index < -0.39 is 65.7 Å². The molecule has 1 saturated carbocycles. The van der Waals surface area contributed by atoms with E-state index in [0.717, 1.165) is 12.2 Å². The summed E-state index contributed by atoms with van der Waals surface area (Å²) in [6.45, 7) is 10.00. The Bertz CT molecular complexity index is 884. The zero-order chi connectivity index (χ0) is 23.8. The van der Waals surface area contributed by atoms with Gasteiger partial charge < -0.3 is 24.1 Å². The van der Waals surface area contributed by atoms with Crippen molar-refractivity contribution in [3.63, 3.8) is 0 Å². The van der Waals surface area contributed by atoms with Crippen LogP contribution in [-0.4, -0.2) is 64.9 Å². The molecule has 0 aromatic heterocycles. The van der Waals surface area contributed by atoms with Crippen LogP contribution in [0.3, 0.4) is 0 Å². The minimum absolute atomic E-state index is 0.00430. The smallest absolute Gasteiger partial charge is 0.334 e. The summed E-state index contributed by atoms with van der Waals surface area (Å²) in [4.78, 5) is 50.3. The number of rotatable bonds is 4. The van der Waals surface area contributed by atoms with Gasteiger partial charge in [-0.3, -0.25) is 4.79 Å². The third-order valence-corrected chi connectivity index (χ3v) is 6.08. The third-order valence-electron chi connectivity index (χ3n) is 6.08. The van der Waals surface area contributed by atoms with Gasteiger partial charge in [0.25, 0.3) is 0 Å². The lowest BCUT2D eigenvalue weighted by molar-refractivity contribution is -0.194. The Morgan fingerprint density at radius 3 is 2.34 bits per heavy atom. The Morgan fingerprint density at radius 1 is 1.16 bits per heavy atom. The molecule has 9 heteroatoms. The maximum absolute atomic E-state index is 13.2. The molecule has 2 heterocycles. The van der Waals surface area contributed by atoms with E-state index in [1.54, 1.807) is 13.8 Å². The number of ether oxygens (including phenoxy) is 4. The topological polar surface area (TPSA) is 129 Å². The van der Waals surface area contributed by atoms with E-state index in [0.29, 0.717) is 6.42 Å². The first kappa shape index (κ1) is 23.9. The molecule has 3 aliphatic rings. The molecule has 32 heavy (non-hydrogen) atoms. The second kappa shape index (κ2) is 8.99. The lowest BCUT2D eigenvalue weighted by Crippen LogP contribution is -2.60. The second-order valence-corrected chi connectivity index (χ2v) is 8.50. The lowest BCUT2D eigenvalue weighted by atomic mass is 9.75. The molecule has 0 aromatic rings.